The zero-order valence-corrected chi connectivity index (χ0v) is 14.1. The first-order valence-corrected chi connectivity index (χ1v) is 8.79. The number of aryl methyl sites for hydroxylation is 1. The molecular formula is C17H14N4S2. The second kappa shape index (κ2) is 5.72. The van der Waals surface area contributed by atoms with E-state index < -0.39 is 0 Å². The van der Waals surface area contributed by atoms with Gasteiger partial charge in [-0.3, -0.25) is 0 Å². The minimum atomic E-state index is 0.707. The van der Waals surface area contributed by atoms with Crippen LogP contribution in [0.15, 0.2) is 64.0 Å². The Labute approximate surface area is 142 Å². The maximum Gasteiger partial charge on any atom is 0.157 e. The lowest BCUT2D eigenvalue weighted by Gasteiger charge is -2.06. The predicted molar refractivity (Wildman–Crippen MR) is 96.5 cm³/mol. The molecule has 4 nitrogen and oxygen atoms in total. The Bertz CT molecular complexity index is 940. The number of benzene rings is 2. The smallest absolute Gasteiger partial charge is 0.157 e. The van der Waals surface area contributed by atoms with E-state index in [0.717, 1.165) is 26.3 Å². The maximum atomic E-state index is 6.26. The van der Waals surface area contributed by atoms with Gasteiger partial charge >= 0.3 is 0 Å². The molecule has 2 aromatic heterocycles. The van der Waals surface area contributed by atoms with Gasteiger partial charge in [0.25, 0.3) is 0 Å². The van der Waals surface area contributed by atoms with Crippen LogP contribution in [-0.2, 0) is 0 Å². The number of nitrogen functional groups attached to an aromatic ring is 1. The molecule has 0 spiro atoms. The van der Waals surface area contributed by atoms with E-state index in [1.807, 2.05) is 60.1 Å². The molecule has 0 bridgehead atoms. The highest BCUT2D eigenvalue weighted by molar-refractivity contribution is 8.01. The Morgan fingerprint density at radius 2 is 1.78 bits per heavy atom. The summed E-state index contributed by atoms with van der Waals surface area (Å²) in [6.45, 7) is 1.93. The van der Waals surface area contributed by atoms with Crippen molar-refractivity contribution in [2.45, 2.75) is 16.3 Å². The van der Waals surface area contributed by atoms with E-state index in [1.54, 1.807) is 23.1 Å². The molecule has 4 aromatic rings. The normalized spacial score (nSPS) is 11.2. The lowest BCUT2D eigenvalue weighted by Crippen LogP contribution is -1.98. The van der Waals surface area contributed by atoms with Crippen LogP contribution in [0.4, 0.5) is 5.69 Å². The van der Waals surface area contributed by atoms with Crippen molar-refractivity contribution in [1.29, 1.82) is 0 Å². The number of aromatic nitrogens is 3. The van der Waals surface area contributed by atoms with Gasteiger partial charge in [0.2, 0.25) is 0 Å². The number of nitrogens with two attached hydrogens (primary N) is 1. The van der Waals surface area contributed by atoms with Gasteiger partial charge < -0.3 is 5.73 Å². The minimum absolute atomic E-state index is 0.707. The van der Waals surface area contributed by atoms with Crippen LogP contribution in [0.1, 0.15) is 5.69 Å². The Morgan fingerprint density at radius 1 is 1.04 bits per heavy atom. The van der Waals surface area contributed by atoms with Crippen molar-refractivity contribution >= 4 is 39.0 Å². The highest BCUT2D eigenvalue weighted by Crippen LogP contribution is 2.38. The van der Waals surface area contributed by atoms with Crippen LogP contribution in [-0.4, -0.2) is 14.8 Å². The van der Waals surface area contributed by atoms with Crippen molar-refractivity contribution in [1.82, 2.24) is 14.8 Å². The molecule has 0 atom stereocenters. The number of nitrogens with zero attached hydrogens (tertiary/aromatic N) is 3. The first-order valence-electron chi connectivity index (χ1n) is 7.16. The zero-order chi connectivity index (χ0) is 15.8. The summed E-state index contributed by atoms with van der Waals surface area (Å²) < 4.78 is 4.03. The summed E-state index contributed by atoms with van der Waals surface area (Å²) in [5.74, 6) is 0. The second-order valence-electron chi connectivity index (χ2n) is 5.10. The van der Waals surface area contributed by atoms with E-state index in [2.05, 4.69) is 16.1 Å². The SMILES string of the molecule is Cc1nn(-c2ccccc2)c(Sc2nc3ccccc3s2)c1N. The molecule has 0 saturated carbocycles. The molecule has 0 saturated heterocycles. The monoisotopic (exact) mass is 338 g/mol. The van der Waals surface area contributed by atoms with Crippen LogP contribution in [0.25, 0.3) is 15.9 Å². The predicted octanol–water partition coefficient (Wildman–Crippen LogP) is 4.52. The Morgan fingerprint density at radius 3 is 2.57 bits per heavy atom. The van der Waals surface area contributed by atoms with Crippen molar-refractivity contribution in [2.24, 2.45) is 0 Å². The molecule has 0 aliphatic heterocycles. The second-order valence-corrected chi connectivity index (χ2v) is 7.37. The summed E-state index contributed by atoms with van der Waals surface area (Å²) in [6, 6.07) is 18.2. The van der Waals surface area contributed by atoms with Crippen LogP contribution in [0.5, 0.6) is 0 Å². The average molecular weight is 338 g/mol. The van der Waals surface area contributed by atoms with E-state index >= 15 is 0 Å². The van der Waals surface area contributed by atoms with E-state index in [0.29, 0.717) is 5.69 Å². The van der Waals surface area contributed by atoms with Crippen LogP contribution >= 0.6 is 23.1 Å². The summed E-state index contributed by atoms with van der Waals surface area (Å²) in [6.07, 6.45) is 0. The topological polar surface area (TPSA) is 56.7 Å². The first kappa shape index (κ1) is 14.3. The van der Waals surface area contributed by atoms with Crippen LogP contribution in [0, 0.1) is 6.92 Å². The van der Waals surface area contributed by atoms with Gasteiger partial charge in [-0.05, 0) is 43.0 Å². The van der Waals surface area contributed by atoms with Crippen LogP contribution < -0.4 is 5.73 Å². The number of fused-ring (bicyclic) bond motifs is 1. The molecule has 4 rings (SSSR count). The molecule has 0 amide bonds. The summed E-state index contributed by atoms with van der Waals surface area (Å²) in [4.78, 5) is 4.68. The van der Waals surface area contributed by atoms with Gasteiger partial charge in [0.1, 0.15) is 5.03 Å². The van der Waals surface area contributed by atoms with Crippen molar-refractivity contribution in [3.05, 3.63) is 60.3 Å². The molecule has 23 heavy (non-hydrogen) atoms. The molecular weight excluding hydrogens is 324 g/mol. The molecule has 2 aromatic carbocycles. The van der Waals surface area contributed by atoms with Gasteiger partial charge in [-0.25, -0.2) is 9.67 Å². The van der Waals surface area contributed by atoms with E-state index in [1.165, 1.54) is 4.70 Å². The number of rotatable bonds is 3. The van der Waals surface area contributed by atoms with E-state index in [-0.39, 0.29) is 0 Å². The third-order valence-electron chi connectivity index (χ3n) is 3.52. The Kier molecular flexibility index (Phi) is 3.55. The zero-order valence-electron chi connectivity index (χ0n) is 12.4. The number of hydrogen-bond donors (Lipinski definition) is 1. The molecule has 2 heterocycles. The van der Waals surface area contributed by atoms with Crippen LogP contribution in [0.3, 0.4) is 0 Å². The summed E-state index contributed by atoms with van der Waals surface area (Å²) in [5, 5.41) is 5.49. The van der Waals surface area contributed by atoms with Gasteiger partial charge in [0.15, 0.2) is 4.34 Å². The summed E-state index contributed by atoms with van der Waals surface area (Å²) >= 11 is 3.23. The maximum absolute atomic E-state index is 6.26. The van der Waals surface area contributed by atoms with Crippen LogP contribution in [0.2, 0.25) is 0 Å². The number of para-hydroxylation sites is 2. The molecule has 0 fully saturated rings. The molecule has 0 aliphatic rings. The highest BCUT2D eigenvalue weighted by atomic mass is 32.2. The third-order valence-corrected chi connectivity index (χ3v) is 5.70. The van der Waals surface area contributed by atoms with Gasteiger partial charge in [-0.1, -0.05) is 30.3 Å². The van der Waals surface area contributed by atoms with Crippen molar-refractivity contribution in [2.75, 3.05) is 5.73 Å². The number of hydrogen-bond acceptors (Lipinski definition) is 5. The minimum Gasteiger partial charge on any atom is -0.395 e. The van der Waals surface area contributed by atoms with Crippen molar-refractivity contribution < 1.29 is 0 Å². The molecule has 0 unspecified atom stereocenters. The third kappa shape index (κ3) is 2.60. The fourth-order valence-corrected chi connectivity index (χ4v) is 4.51. The van der Waals surface area contributed by atoms with E-state index in [9.17, 15) is 0 Å². The largest absolute Gasteiger partial charge is 0.395 e. The quantitative estimate of drug-likeness (QED) is 0.596. The standard InChI is InChI=1S/C17H14N4S2/c1-11-15(18)16(21(20-11)12-7-3-2-4-8-12)23-17-19-13-9-5-6-10-14(13)22-17/h2-10H,18H2,1H3. The molecule has 0 aliphatic carbocycles. The lowest BCUT2D eigenvalue weighted by molar-refractivity contribution is 0.794. The van der Waals surface area contributed by atoms with Crippen molar-refractivity contribution in [3.63, 3.8) is 0 Å². The fourth-order valence-electron chi connectivity index (χ4n) is 2.34. The molecule has 114 valence electrons. The Balaban J connectivity index is 1.79. The summed E-state index contributed by atoms with van der Waals surface area (Å²) in [5.41, 5.74) is 9.80. The molecule has 0 radical (unpaired) electrons. The van der Waals surface area contributed by atoms with E-state index in [4.69, 9.17) is 5.73 Å². The lowest BCUT2D eigenvalue weighted by atomic mass is 10.3. The number of anilines is 1. The molecule has 6 heteroatoms. The summed E-state index contributed by atoms with van der Waals surface area (Å²) in [7, 11) is 0. The molecule has 2 N–H and O–H groups in total. The van der Waals surface area contributed by atoms with Gasteiger partial charge in [-0.15, -0.1) is 11.3 Å². The van der Waals surface area contributed by atoms with Gasteiger partial charge in [-0.2, -0.15) is 5.10 Å². The van der Waals surface area contributed by atoms with Gasteiger partial charge in [0, 0.05) is 0 Å². The van der Waals surface area contributed by atoms with Gasteiger partial charge in [0.05, 0.1) is 27.3 Å². The first-order chi connectivity index (χ1) is 11.2. The fraction of sp³-hybridized carbons (Fsp3) is 0.0588. The number of thiazole rings is 1. The Hall–Kier alpha value is -2.31. The highest BCUT2D eigenvalue weighted by Gasteiger charge is 2.17. The van der Waals surface area contributed by atoms with Crippen molar-refractivity contribution in [3.8, 4) is 5.69 Å². The average Bonchev–Trinajstić information content (AvgIpc) is 3.11.